The number of aromatic nitrogens is 2. The zero-order valence-corrected chi connectivity index (χ0v) is 11.0. The number of H-pyrrole nitrogens is 1. The summed E-state index contributed by atoms with van der Waals surface area (Å²) in [5.74, 6) is 0.786. The Morgan fingerprint density at radius 2 is 2.37 bits per heavy atom. The summed E-state index contributed by atoms with van der Waals surface area (Å²) in [6.07, 6.45) is 1.11. The predicted octanol–water partition coefficient (Wildman–Crippen LogP) is 2.24. The molecule has 1 N–H and O–H groups in total. The van der Waals surface area contributed by atoms with Gasteiger partial charge in [0.1, 0.15) is 11.3 Å². The molecule has 1 aromatic carbocycles. The third-order valence-electron chi connectivity index (χ3n) is 3.66. The lowest BCUT2D eigenvalue weighted by molar-refractivity contribution is 0.0603. The van der Waals surface area contributed by atoms with Crippen molar-refractivity contribution in [1.29, 1.82) is 0 Å². The Balaban J connectivity index is 2.07. The van der Waals surface area contributed by atoms with Crippen LogP contribution in [0.25, 0.3) is 11.0 Å². The number of methoxy groups -OCH3 is 1. The first kappa shape index (κ1) is 12.2. The maximum Gasteiger partial charge on any atom is 0.340 e. The molecule has 3 rings (SSSR count). The van der Waals surface area contributed by atoms with Gasteiger partial charge in [-0.05, 0) is 25.5 Å². The van der Waals surface area contributed by atoms with Crippen LogP contribution in [0, 0.1) is 0 Å². The summed E-state index contributed by atoms with van der Waals surface area (Å²) >= 11 is 0. The van der Waals surface area contributed by atoms with E-state index in [9.17, 15) is 4.79 Å². The second-order valence-corrected chi connectivity index (χ2v) is 4.79. The van der Waals surface area contributed by atoms with E-state index < -0.39 is 0 Å². The minimum atomic E-state index is -0.362. The Bertz CT molecular complexity index is 620. The van der Waals surface area contributed by atoms with Gasteiger partial charge in [-0.2, -0.15) is 0 Å². The number of carbonyl (C=O) groups excluding carboxylic acids is 1. The number of nitrogens with zero attached hydrogens (tertiary/aromatic N) is 1. The highest BCUT2D eigenvalue weighted by atomic mass is 16.5. The topological polar surface area (TPSA) is 64.2 Å². The summed E-state index contributed by atoms with van der Waals surface area (Å²) in [7, 11) is 1.38. The van der Waals surface area contributed by atoms with E-state index in [-0.39, 0.29) is 18.0 Å². The number of para-hydroxylation sites is 1. The number of hydrogen-bond acceptors (Lipinski definition) is 4. The van der Waals surface area contributed by atoms with Crippen molar-refractivity contribution in [3.8, 4) is 0 Å². The van der Waals surface area contributed by atoms with E-state index in [1.165, 1.54) is 7.11 Å². The Kier molecular flexibility index (Phi) is 2.98. The maximum absolute atomic E-state index is 11.7. The summed E-state index contributed by atoms with van der Waals surface area (Å²) in [4.78, 5) is 19.6. The normalized spacial score (nSPS) is 22.8. The number of aromatic amines is 1. The number of rotatable bonds is 2. The van der Waals surface area contributed by atoms with Gasteiger partial charge >= 0.3 is 5.97 Å². The van der Waals surface area contributed by atoms with Crippen molar-refractivity contribution in [1.82, 2.24) is 9.97 Å². The molecule has 2 atom stereocenters. The largest absolute Gasteiger partial charge is 0.465 e. The number of imidazole rings is 1. The van der Waals surface area contributed by atoms with E-state index in [0.717, 1.165) is 24.4 Å². The molecule has 0 saturated carbocycles. The van der Waals surface area contributed by atoms with Gasteiger partial charge in [0.25, 0.3) is 0 Å². The van der Waals surface area contributed by atoms with Crippen molar-refractivity contribution in [2.24, 2.45) is 0 Å². The number of ether oxygens (including phenoxy) is 2. The minimum absolute atomic E-state index is 0.155. The minimum Gasteiger partial charge on any atom is -0.465 e. The lowest BCUT2D eigenvalue weighted by atomic mass is 10.0. The molecule has 19 heavy (non-hydrogen) atoms. The van der Waals surface area contributed by atoms with E-state index >= 15 is 0 Å². The highest BCUT2D eigenvalue weighted by molar-refractivity contribution is 6.01. The van der Waals surface area contributed by atoms with Gasteiger partial charge in [-0.3, -0.25) is 0 Å². The summed E-state index contributed by atoms with van der Waals surface area (Å²) < 4.78 is 10.3. The smallest absolute Gasteiger partial charge is 0.340 e. The van der Waals surface area contributed by atoms with Crippen LogP contribution >= 0.6 is 0 Å². The molecule has 5 nitrogen and oxygen atoms in total. The van der Waals surface area contributed by atoms with E-state index in [2.05, 4.69) is 9.97 Å². The quantitative estimate of drug-likeness (QED) is 0.841. The van der Waals surface area contributed by atoms with E-state index in [1.54, 1.807) is 6.07 Å². The first-order valence-electron chi connectivity index (χ1n) is 6.39. The molecular weight excluding hydrogens is 244 g/mol. The van der Waals surface area contributed by atoms with Gasteiger partial charge < -0.3 is 14.5 Å². The van der Waals surface area contributed by atoms with Crippen LogP contribution < -0.4 is 0 Å². The van der Waals surface area contributed by atoms with Crippen molar-refractivity contribution in [3.05, 3.63) is 29.6 Å². The van der Waals surface area contributed by atoms with Crippen LogP contribution in [-0.4, -0.2) is 35.8 Å². The van der Waals surface area contributed by atoms with Crippen LogP contribution in [0.3, 0.4) is 0 Å². The fourth-order valence-electron chi connectivity index (χ4n) is 2.59. The van der Waals surface area contributed by atoms with Crippen LogP contribution in [0.4, 0.5) is 0 Å². The first-order valence-corrected chi connectivity index (χ1v) is 6.39. The highest BCUT2D eigenvalue weighted by Crippen LogP contribution is 2.31. The number of fused-ring (bicyclic) bond motifs is 1. The molecule has 0 radical (unpaired) electrons. The lowest BCUT2D eigenvalue weighted by Crippen LogP contribution is -2.10. The van der Waals surface area contributed by atoms with Gasteiger partial charge in [-0.1, -0.05) is 6.07 Å². The molecule has 2 heterocycles. The van der Waals surface area contributed by atoms with Crippen LogP contribution in [-0.2, 0) is 9.47 Å². The SMILES string of the molecule is COC(=O)c1cccc2[nH]c(C3CCOC3C)nc12. The average molecular weight is 260 g/mol. The second-order valence-electron chi connectivity index (χ2n) is 4.79. The van der Waals surface area contributed by atoms with Gasteiger partial charge in [-0.15, -0.1) is 0 Å². The molecule has 2 unspecified atom stereocenters. The van der Waals surface area contributed by atoms with Crippen LogP contribution in [0.1, 0.15) is 35.4 Å². The van der Waals surface area contributed by atoms with Crippen LogP contribution in [0.5, 0.6) is 0 Å². The first-order chi connectivity index (χ1) is 9.20. The average Bonchev–Trinajstić information content (AvgIpc) is 3.02. The standard InChI is InChI=1S/C14H16N2O3/c1-8-9(6-7-19-8)13-15-11-5-3-4-10(12(11)16-13)14(17)18-2/h3-5,8-9H,6-7H2,1-2H3,(H,15,16). The van der Waals surface area contributed by atoms with Crippen molar-refractivity contribution in [3.63, 3.8) is 0 Å². The third-order valence-corrected chi connectivity index (χ3v) is 3.66. The zero-order valence-electron chi connectivity index (χ0n) is 11.0. The van der Waals surface area contributed by atoms with Crippen molar-refractivity contribution in [2.45, 2.75) is 25.4 Å². The number of hydrogen-bond donors (Lipinski definition) is 1. The molecule has 100 valence electrons. The van der Waals surface area contributed by atoms with Crippen LogP contribution in [0.2, 0.25) is 0 Å². The predicted molar refractivity (Wildman–Crippen MR) is 70.2 cm³/mol. The second kappa shape index (κ2) is 4.66. The summed E-state index contributed by atoms with van der Waals surface area (Å²) in [5.41, 5.74) is 2.02. The van der Waals surface area contributed by atoms with Gasteiger partial charge in [0.05, 0.1) is 24.3 Å². The summed E-state index contributed by atoms with van der Waals surface area (Å²) in [6, 6.07) is 5.47. The van der Waals surface area contributed by atoms with Crippen molar-refractivity contribution in [2.75, 3.05) is 13.7 Å². The Labute approximate surface area is 110 Å². The molecule has 0 amide bonds. The Morgan fingerprint density at radius 1 is 1.53 bits per heavy atom. The molecule has 5 heteroatoms. The Morgan fingerprint density at radius 3 is 3.05 bits per heavy atom. The molecule has 0 aliphatic carbocycles. The monoisotopic (exact) mass is 260 g/mol. The summed E-state index contributed by atoms with van der Waals surface area (Å²) in [6.45, 7) is 2.80. The van der Waals surface area contributed by atoms with Gasteiger partial charge in [0, 0.05) is 12.5 Å². The maximum atomic E-state index is 11.7. The third kappa shape index (κ3) is 2.00. The van der Waals surface area contributed by atoms with Gasteiger partial charge in [-0.25, -0.2) is 9.78 Å². The molecule has 1 aliphatic rings. The van der Waals surface area contributed by atoms with Crippen molar-refractivity contribution < 1.29 is 14.3 Å². The lowest BCUT2D eigenvalue weighted by Gasteiger charge is -2.10. The fraction of sp³-hybridized carbons (Fsp3) is 0.429. The van der Waals surface area contributed by atoms with Gasteiger partial charge in [0.2, 0.25) is 0 Å². The fourth-order valence-corrected chi connectivity index (χ4v) is 2.59. The zero-order chi connectivity index (χ0) is 13.4. The van der Waals surface area contributed by atoms with Crippen molar-refractivity contribution >= 4 is 17.0 Å². The van der Waals surface area contributed by atoms with E-state index in [1.807, 2.05) is 19.1 Å². The van der Waals surface area contributed by atoms with E-state index in [0.29, 0.717) is 11.1 Å². The molecule has 1 fully saturated rings. The molecular formula is C14H16N2O3. The molecule has 2 aromatic rings. The Hall–Kier alpha value is -1.88. The summed E-state index contributed by atoms with van der Waals surface area (Å²) in [5, 5.41) is 0. The molecule has 1 aromatic heterocycles. The molecule has 0 spiro atoms. The van der Waals surface area contributed by atoms with Gasteiger partial charge in [0.15, 0.2) is 0 Å². The number of carbonyl (C=O) groups is 1. The number of nitrogens with one attached hydrogen (secondary N) is 1. The number of benzene rings is 1. The molecule has 0 bridgehead atoms. The molecule has 1 saturated heterocycles. The highest BCUT2D eigenvalue weighted by Gasteiger charge is 2.29. The van der Waals surface area contributed by atoms with E-state index in [4.69, 9.17) is 9.47 Å². The van der Waals surface area contributed by atoms with Crippen LogP contribution in [0.15, 0.2) is 18.2 Å². The molecule has 1 aliphatic heterocycles. The number of esters is 1.